The van der Waals surface area contributed by atoms with Gasteiger partial charge in [0.05, 0.1) is 0 Å². The number of carboxylic acid groups (broad SMARTS) is 2. The van der Waals surface area contributed by atoms with E-state index in [4.69, 9.17) is 19.8 Å². The van der Waals surface area contributed by atoms with Gasteiger partial charge in [-0.15, -0.1) is 0 Å². The Morgan fingerprint density at radius 2 is 1.14 bits per heavy atom. The van der Waals surface area contributed by atoms with Crippen molar-refractivity contribution >= 4 is 29.5 Å². The van der Waals surface area contributed by atoms with E-state index >= 15 is 0 Å². The van der Waals surface area contributed by atoms with Crippen molar-refractivity contribution < 1.29 is 19.8 Å². The minimum absolute atomic E-state index is 0. The fraction of sp³-hybridized carbons (Fsp3) is 0. The van der Waals surface area contributed by atoms with Crippen molar-refractivity contribution in [1.82, 2.24) is 0 Å². The van der Waals surface area contributed by atoms with Crippen molar-refractivity contribution in [2.75, 3.05) is 0 Å². The summed E-state index contributed by atoms with van der Waals surface area (Å²) in [5.74, 6) is -3.65. The van der Waals surface area contributed by atoms with Gasteiger partial charge < -0.3 is 10.2 Å². The normalized spacial score (nSPS) is 6.29. The molecular weight excluding hydrogens is 161 g/mol. The number of hydrogen-bond donors (Lipinski definition) is 2. The first-order valence-corrected chi connectivity index (χ1v) is 1.11. The van der Waals surface area contributed by atoms with Gasteiger partial charge in [0.2, 0.25) is 0 Å². The zero-order valence-corrected chi connectivity index (χ0v) is 2.71. The molecule has 0 atom stereocenters. The van der Waals surface area contributed by atoms with Crippen LogP contribution in [0.1, 0.15) is 0 Å². The van der Waals surface area contributed by atoms with Crippen LogP contribution in [0.5, 0.6) is 0 Å². The molecule has 0 radical (unpaired) electrons. The number of carbonyl (C=O) groups is 2. The van der Waals surface area contributed by atoms with Gasteiger partial charge in [0.1, 0.15) is 0 Å². The Morgan fingerprint density at radius 3 is 1.14 bits per heavy atom. The summed E-state index contributed by atoms with van der Waals surface area (Å²) in [4.78, 5) is 18.2. The number of hydrogen-bond acceptors (Lipinski definition) is 2. The molecule has 0 fully saturated rings. The molecule has 0 saturated carbocycles. The summed E-state index contributed by atoms with van der Waals surface area (Å²) >= 11 is 0. The molecule has 0 amide bonds. The Balaban J connectivity index is 0. The molecule has 4 nitrogen and oxygen atoms in total. The van der Waals surface area contributed by atoms with E-state index in [1.54, 1.807) is 0 Å². The maximum atomic E-state index is 9.10. The van der Waals surface area contributed by atoms with Crippen LogP contribution in [0.15, 0.2) is 0 Å². The average Bonchev–Trinajstić information content (AvgIpc) is 1.36. The standard InChI is InChI=1S/C2H2O4.GeH4/c3-1(4)2(5)6;/h(H,3,4)(H,5,6);1H4. The van der Waals surface area contributed by atoms with Crippen LogP contribution in [-0.2, 0) is 9.59 Å². The van der Waals surface area contributed by atoms with Crippen LogP contribution in [0, 0.1) is 0 Å². The van der Waals surface area contributed by atoms with Gasteiger partial charge in [0, 0.05) is 0 Å². The van der Waals surface area contributed by atoms with E-state index in [0.717, 1.165) is 0 Å². The van der Waals surface area contributed by atoms with Crippen LogP contribution in [0.2, 0.25) is 0 Å². The zero-order chi connectivity index (χ0) is 5.15. The molecule has 0 aromatic rings. The predicted molar refractivity (Wildman–Crippen MR) is 26.6 cm³/mol. The Hall–Kier alpha value is -0.517. The molecule has 0 spiro atoms. The molecule has 0 rings (SSSR count). The fourth-order valence-corrected chi connectivity index (χ4v) is 0. The Labute approximate surface area is 50.1 Å². The number of aliphatic carboxylic acids is 2. The first-order chi connectivity index (χ1) is 2.64. The van der Waals surface area contributed by atoms with E-state index in [1.165, 1.54) is 0 Å². The molecule has 2 N–H and O–H groups in total. The third-order valence-corrected chi connectivity index (χ3v) is 0.183. The summed E-state index contributed by atoms with van der Waals surface area (Å²) in [6.07, 6.45) is 0. The monoisotopic (exact) mass is 168 g/mol. The average molecular weight is 167 g/mol. The second-order valence-electron chi connectivity index (χ2n) is 0.610. The van der Waals surface area contributed by atoms with Crippen LogP contribution in [-0.4, -0.2) is 39.7 Å². The van der Waals surface area contributed by atoms with E-state index in [9.17, 15) is 0 Å². The van der Waals surface area contributed by atoms with Crippen molar-refractivity contribution in [3.05, 3.63) is 0 Å². The van der Waals surface area contributed by atoms with Crippen LogP contribution in [0.25, 0.3) is 0 Å². The summed E-state index contributed by atoms with van der Waals surface area (Å²) in [6.45, 7) is 0. The molecule has 0 saturated heterocycles. The van der Waals surface area contributed by atoms with Gasteiger partial charge in [-0.1, -0.05) is 0 Å². The molecule has 0 aliphatic carbocycles. The Bertz CT molecular complexity index is 75.7. The third-order valence-electron chi connectivity index (χ3n) is 0.183. The molecule has 0 bridgehead atoms. The van der Waals surface area contributed by atoms with Gasteiger partial charge in [-0.2, -0.15) is 0 Å². The van der Waals surface area contributed by atoms with E-state index in [1.807, 2.05) is 0 Å². The van der Waals surface area contributed by atoms with Crippen LogP contribution < -0.4 is 0 Å². The predicted octanol–water partition coefficient (Wildman–Crippen LogP) is -2.30. The van der Waals surface area contributed by atoms with Gasteiger partial charge >= 0.3 is 29.5 Å². The molecular formula is C2H6GeO4. The van der Waals surface area contributed by atoms with E-state index < -0.39 is 11.9 Å². The number of rotatable bonds is 0. The summed E-state index contributed by atoms with van der Waals surface area (Å²) < 4.78 is 0. The summed E-state index contributed by atoms with van der Waals surface area (Å²) in [6, 6.07) is 0. The number of carboxylic acids is 2. The Kier molecular flexibility index (Phi) is 5.08. The van der Waals surface area contributed by atoms with Crippen molar-refractivity contribution in [1.29, 1.82) is 0 Å². The van der Waals surface area contributed by atoms with Crippen molar-refractivity contribution in [2.24, 2.45) is 0 Å². The van der Waals surface area contributed by atoms with Crippen molar-refractivity contribution in [3.8, 4) is 0 Å². The molecule has 0 unspecified atom stereocenters. The van der Waals surface area contributed by atoms with E-state index in [-0.39, 0.29) is 17.6 Å². The SMILES string of the molecule is O=C(O)C(=O)O.[GeH4]. The zero-order valence-electron chi connectivity index (χ0n) is 2.71. The van der Waals surface area contributed by atoms with Gasteiger partial charge in [-0.3, -0.25) is 0 Å². The van der Waals surface area contributed by atoms with Crippen LogP contribution in [0.4, 0.5) is 0 Å². The molecule has 0 aliphatic rings. The van der Waals surface area contributed by atoms with Gasteiger partial charge in [0.25, 0.3) is 0 Å². The summed E-state index contributed by atoms with van der Waals surface area (Å²) in [5.41, 5.74) is 0. The van der Waals surface area contributed by atoms with Crippen LogP contribution in [0.3, 0.4) is 0 Å². The Morgan fingerprint density at radius 1 is 1.00 bits per heavy atom. The molecule has 42 valence electrons. The van der Waals surface area contributed by atoms with Gasteiger partial charge in [0.15, 0.2) is 0 Å². The summed E-state index contributed by atoms with van der Waals surface area (Å²) in [5, 5.41) is 14.8. The first-order valence-electron chi connectivity index (χ1n) is 1.11. The summed E-state index contributed by atoms with van der Waals surface area (Å²) in [7, 11) is 0. The van der Waals surface area contributed by atoms with Crippen molar-refractivity contribution in [2.45, 2.75) is 0 Å². The second kappa shape index (κ2) is 3.67. The second-order valence-corrected chi connectivity index (χ2v) is 0.610. The fourth-order valence-electron chi connectivity index (χ4n) is 0. The van der Waals surface area contributed by atoms with E-state index in [2.05, 4.69) is 0 Å². The molecule has 7 heavy (non-hydrogen) atoms. The van der Waals surface area contributed by atoms with E-state index in [0.29, 0.717) is 0 Å². The minimum atomic E-state index is -1.82. The first kappa shape index (κ1) is 9.70. The molecule has 0 aromatic carbocycles. The van der Waals surface area contributed by atoms with Crippen molar-refractivity contribution in [3.63, 3.8) is 0 Å². The molecule has 0 aliphatic heterocycles. The van der Waals surface area contributed by atoms with Gasteiger partial charge in [-0.25, -0.2) is 9.59 Å². The molecule has 5 heteroatoms. The molecule has 0 aromatic heterocycles. The van der Waals surface area contributed by atoms with Crippen LogP contribution >= 0.6 is 0 Å². The quantitative estimate of drug-likeness (QED) is 0.314. The maximum absolute atomic E-state index is 9.10. The molecule has 0 heterocycles. The van der Waals surface area contributed by atoms with Gasteiger partial charge in [-0.05, 0) is 0 Å². The third kappa shape index (κ3) is 5.48. The topological polar surface area (TPSA) is 74.6 Å².